The molecule has 8 heteroatoms. The fourth-order valence-electron chi connectivity index (χ4n) is 2.70. The molecule has 0 saturated carbocycles. The first-order valence-corrected chi connectivity index (χ1v) is 11.1. The lowest BCUT2D eigenvalue weighted by atomic mass is 10.1. The van der Waals surface area contributed by atoms with Gasteiger partial charge in [-0.2, -0.15) is 0 Å². The number of hydrogen-bond acceptors (Lipinski definition) is 6. The van der Waals surface area contributed by atoms with Gasteiger partial charge in [0.1, 0.15) is 11.8 Å². The molecule has 3 rings (SSSR count). The largest absolute Gasteiger partial charge is 0.530 e. The summed E-state index contributed by atoms with van der Waals surface area (Å²) in [5.74, 6) is -0.800. The summed E-state index contributed by atoms with van der Waals surface area (Å²) in [7, 11) is -3.95. The van der Waals surface area contributed by atoms with Crippen LogP contribution in [0.25, 0.3) is 0 Å². The molecule has 0 fully saturated rings. The zero-order valence-electron chi connectivity index (χ0n) is 16.8. The Balaban J connectivity index is 1.70. The average Bonchev–Trinajstić information content (AvgIpc) is 2.79. The van der Waals surface area contributed by atoms with E-state index < -0.39 is 19.8 Å². The molecule has 3 N–H and O–H groups in total. The summed E-state index contributed by atoms with van der Waals surface area (Å²) < 4.78 is 30.1. The Hall–Kier alpha value is -2.96. The predicted octanol–water partition coefficient (Wildman–Crippen LogP) is 4.56. The number of carboxylic acids is 1. The number of hydrogen-bond donors (Lipinski definition) is 2. The molecule has 0 unspecified atom stereocenters. The molecule has 0 aliphatic carbocycles. The fourth-order valence-corrected chi connectivity index (χ4v) is 3.88. The number of phosphoric acid groups is 1. The first-order valence-electron chi connectivity index (χ1n) is 9.67. The number of rotatable bonds is 11. The monoisotopic (exact) mass is 441 g/mol. The summed E-state index contributed by atoms with van der Waals surface area (Å²) in [6.45, 7) is 0.108. The van der Waals surface area contributed by atoms with Gasteiger partial charge in [-0.05, 0) is 35.2 Å². The van der Waals surface area contributed by atoms with Crippen LogP contribution in [0.5, 0.6) is 5.75 Å². The van der Waals surface area contributed by atoms with Crippen LogP contribution in [-0.2, 0) is 38.0 Å². The van der Waals surface area contributed by atoms with Crippen molar-refractivity contribution in [3.05, 3.63) is 102 Å². The summed E-state index contributed by atoms with van der Waals surface area (Å²) in [6.07, 6.45) is 0.169. The molecule has 162 valence electrons. The Morgan fingerprint density at radius 3 is 1.74 bits per heavy atom. The molecule has 0 heterocycles. The summed E-state index contributed by atoms with van der Waals surface area (Å²) in [6, 6.07) is 24.1. The highest BCUT2D eigenvalue weighted by Crippen LogP contribution is 2.51. The van der Waals surface area contributed by atoms with Crippen LogP contribution in [0.4, 0.5) is 0 Å². The van der Waals surface area contributed by atoms with Crippen LogP contribution in [-0.4, -0.2) is 17.1 Å². The highest BCUT2D eigenvalue weighted by molar-refractivity contribution is 7.48. The van der Waals surface area contributed by atoms with Crippen molar-refractivity contribution in [1.29, 1.82) is 0 Å². The van der Waals surface area contributed by atoms with Gasteiger partial charge in [0.2, 0.25) is 0 Å². The molecule has 3 aromatic carbocycles. The second-order valence-electron chi connectivity index (χ2n) is 6.85. The van der Waals surface area contributed by atoms with Gasteiger partial charge >= 0.3 is 13.8 Å². The molecule has 31 heavy (non-hydrogen) atoms. The van der Waals surface area contributed by atoms with Crippen molar-refractivity contribution in [2.24, 2.45) is 5.73 Å². The summed E-state index contributed by atoms with van der Waals surface area (Å²) in [5, 5.41) is 8.94. The van der Waals surface area contributed by atoms with Gasteiger partial charge in [0.05, 0.1) is 13.2 Å². The summed E-state index contributed by atoms with van der Waals surface area (Å²) in [4.78, 5) is 10.9. The molecule has 0 saturated heterocycles. The van der Waals surface area contributed by atoms with E-state index in [1.807, 2.05) is 60.7 Å². The van der Waals surface area contributed by atoms with Gasteiger partial charge in [0.25, 0.3) is 0 Å². The topological polar surface area (TPSA) is 108 Å². The lowest BCUT2D eigenvalue weighted by Gasteiger charge is -2.19. The molecular weight excluding hydrogens is 417 g/mol. The average molecular weight is 441 g/mol. The molecule has 7 nitrogen and oxygen atoms in total. The van der Waals surface area contributed by atoms with E-state index in [-0.39, 0.29) is 25.4 Å². The number of carbonyl (C=O) groups is 1. The fraction of sp³-hybridized carbons (Fsp3) is 0.174. The maximum atomic E-state index is 13.3. The smallest absolute Gasteiger partial charge is 0.480 e. The highest BCUT2D eigenvalue weighted by atomic mass is 31.2. The first-order chi connectivity index (χ1) is 14.9. The number of carboxylic acid groups (broad SMARTS) is 1. The van der Waals surface area contributed by atoms with E-state index in [0.717, 1.165) is 11.1 Å². The van der Waals surface area contributed by atoms with E-state index >= 15 is 0 Å². The van der Waals surface area contributed by atoms with Gasteiger partial charge in [-0.3, -0.25) is 13.8 Å². The minimum atomic E-state index is -3.95. The van der Waals surface area contributed by atoms with Crippen LogP contribution in [0, 0.1) is 0 Å². The molecule has 0 amide bonds. The number of nitrogens with two attached hydrogens (primary N) is 1. The molecule has 0 aliphatic rings. The van der Waals surface area contributed by atoms with Gasteiger partial charge in [-0.25, -0.2) is 4.57 Å². The number of benzene rings is 3. The van der Waals surface area contributed by atoms with Crippen LogP contribution in [0.2, 0.25) is 0 Å². The van der Waals surface area contributed by atoms with Crippen molar-refractivity contribution in [1.82, 2.24) is 0 Å². The maximum Gasteiger partial charge on any atom is 0.530 e. The molecule has 0 bridgehead atoms. The zero-order valence-corrected chi connectivity index (χ0v) is 17.7. The van der Waals surface area contributed by atoms with Crippen LogP contribution < -0.4 is 10.3 Å². The van der Waals surface area contributed by atoms with E-state index in [2.05, 4.69) is 0 Å². The van der Waals surface area contributed by atoms with Gasteiger partial charge in [-0.15, -0.1) is 0 Å². The first kappa shape index (κ1) is 22.7. The minimum Gasteiger partial charge on any atom is -0.480 e. The summed E-state index contributed by atoms with van der Waals surface area (Å²) >= 11 is 0. The van der Waals surface area contributed by atoms with E-state index in [0.29, 0.717) is 5.56 Å². The van der Waals surface area contributed by atoms with Gasteiger partial charge in [-0.1, -0.05) is 72.8 Å². The van der Waals surface area contributed by atoms with Crippen molar-refractivity contribution >= 4 is 13.8 Å². The Morgan fingerprint density at radius 2 is 1.29 bits per heavy atom. The van der Waals surface area contributed by atoms with Crippen molar-refractivity contribution in [2.75, 3.05) is 0 Å². The van der Waals surface area contributed by atoms with Gasteiger partial charge in [0, 0.05) is 0 Å². The lowest BCUT2D eigenvalue weighted by Crippen LogP contribution is -2.32. The Labute approximate surface area is 181 Å². The SMILES string of the molecule is N[C@@H](Cc1ccc(OP(=O)(OCc2ccccc2)OCc2ccccc2)cc1)C(=O)O. The molecule has 3 aromatic rings. The highest BCUT2D eigenvalue weighted by Gasteiger charge is 2.29. The third kappa shape index (κ3) is 7.35. The van der Waals surface area contributed by atoms with E-state index in [1.165, 1.54) is 0 Å². The van der Waals surface area contributed by atoms with Crippen LogP contribution in [0.3, 0.4) is 0 Å². The Bertz CT molecular complexity index is 964. The third-order valence-electron chi connectivity index (χ3n) is 4.38. The van der Waals surface area contributed by atoms with Crippen LogP contribution >= 0.6 is 7.82 Å². The van der Waals surface area contributed by atoms with Crippen molar-refractivity contribution in [2.45, 2.75) is 25.7 Å². The Kier molecular flexibility index (Phi) is 7.98. The molecule has 0 aliphatic heterocycles. The van der Waals surface area contributed by atoms with Crippen molar-refractivity contribution < 1.29 is 28.0 Å². The quantitative estimate of drug-likeness (QED) is 0.420. The van der Waals surface area contributed by atoms with Gasteiger partial charge < -0.3 is 15.4 Å². The second-order valence-corrected chi connectivity index (χ2v) is 8.44. The number of phosphoric ester groups is 1. The standard InChI is InChI=1S/C23H24NO6P/c24-22(23(25)26)15-18-11-13-21(14-12-18)30-31(27,28-16-19-7-3-1-4-8-19)29-17-20-9-5-2-6-10-20/h1-14,22H,15-17,24H2,(H,25,26)/t22-/m0/s1. The van der Waals surface area contributed by atoms with E-state index in [4.69, 9.17) is 24.4 Å². The van der Waals surface area contributed by atoms with E-state index in [1.54, 1.807) is 24.3 Å². The lowest BCUT2D eigenvalue weighted by molar-refractivity contribution is -0.138. The third-order valence-corrected chi connectivity index (χ3v) is 5.70. The molecule has 1 atom stereocenters. The van der Waals surface area contributed by atoms with Crippen molar-refractivity contribution in [3.63, 3.8) is 0 Å². The maximum absolute atomic E-state index is 13.3. The Morgan fingerprint density at radius 1 is 0.806 bits per heavy atom. The molecule has 0 radical (unpaired) electrons. The molecular formula is C23H24NO6P. The molecule has 0 spiro atoms. The summed E-state index contributed by atoms with van der Waals surface area (Å²) in [5.41, 5.74) is 7.93. The van der Waals surface area contributed by atoms with Crippen LogP contribution in [0.1, 0.15) is 16.7 Å². The predicted molar refractivity (Wildman–Crippen MR) is 116 cm³/mol. The second kappa shape index (κ2) is 10.9. The van der Waals surface area contributed by atoms with Crippen molar-refractivity contribution in [3.8, 4) is 5.75 Å². The zero-order chi connectivity index (χ0) is 22.1. The molecule has 0 aromatic heterocycles. The van der Waals surface area contributed by atoms with E-state index in [9.17, 15) is 9.36 Å². The number of aliphatic carboxylic acids is 1. The minimum absolute atomic E-state index is 0.0540. The van der Waals surface area contributed by atoms with Crippen LogP contribution in [0.15, 0.2) is 84.9 Å². The van der Waals surface area contributed by atoms with Gasteiger partial charge in [0.15, 0.2) is 0 Å². The normalized spacial score (nSPS) is 12.3.